The second-order valence-corrected chi connectivity index (χ2v) is 8.24. The van der Waals surface area contributed by atoms with Gasteiger partial charge in [0.25, 0.3) is 11.1 Å². The van der Waals surface area contributed by atoms with Crippen molar-refractivity contribution in [3.8, 4) is 50.8 Å². The fourth-order valence-corrected chi connectivity index (χ4v) is 4.19. The van der Waals surface area contributed by atoms with Crippen molar-refractivity contribution in [2.45, 2.75) is 0 Å². The molecule has 0 saturated carbocycles. The quantitative estimate of drug-likeness (QED) is 0.349. The van der Waals surface area contributed by atoms with Crippen molar-refractivity contribution >= 4 is 11.6 Å². The van der Waals surface area contributed by atoms with Gasteiger partial charge in [-0.3, -0.25) is 9.59 Å². The van der Waals surface area contributed by atoms with Crippen LogP contribution in [0.4, 0.5) is 0 Å². The van der Waals surface area contributed by atoms with E-state index >= 15 is 0 Å². The highest BCUT2D eigenvalue weighted by Crippen LogP contribution is 2.36. The van der Waals surface area contributed by atoms with Crippen molar-refractivity contribution in [3.05, 3.63) is 122 Å². The van der Waals surface area contributed by atoms with E-state index in [9.17, 15) is 14.9 Å². The van der Waals surface area contributed by atoms with Crippen LogP contribution in [0.5, 0.6) is 0 Å². The van der Waals surface area contributed by atoms with Crippen LogP contribution in [-0.2, 0) is 0 Å². The normalized spacial score (nSPS) is 10.6. The van der Waals surface area contributed by atoms with Gasteiger partial charge in [-0.05, 0) is 29.3 Å². The predicted molar refractivity (Wildman–Crippen MR) is 137 cm³/mol. The van der Waals surface area contributed by atoms with Crippen molar-refractivity contribution in [1.82, 2.24) is 15.2 Å². The van der Waals surface area contributed by atoms with Crippen LogP contribution < -0.4 is 11.1 Å². The van der Waals surface area contributed by atoms with Gasteiger partial charge >= 0.3 is 0 Å². The fraction of sp³-hybridized carbons (Fsp3) is 0. The molecule has 35 heavy (non-hydrogen) atoms. The number of nitrogens with one attached hydrogen (secondary N) is 2. The first kappa shape index (κ1) is 22.1. The molecule has 0 fully saturated rings. The van der Waals surface area contributed by atoms with Crippen molar-refractivity contribution in [1.29, 1.82) is 5.26 Å². The SMILES string of the molecule is N#Cc1c(-c2ccc(Cl)cc2)cc(-c2c(-c3ccccc3)c(-c3ccccc3)n[nH]c2=O)[nH]c1=O. The molecule has 0 aliphatic carbocycles. The molecule has 0 saturated heterocycles. The first-order chi connectivity index (χ1) is 17.1. The van der Waals surface area contributed by atoms with E-state index in [2.05, 4.69) is 15.2 Å². The molecule has 7 heteroatoms. The molecule has 2 heterocycles. The summed E-state index contributed by atoms with van der Waals surface area (Å²) in [5.41, 5.74) is 3.15. The van der Waals surface area contributed by atoms with E-state index in [1.54, 1.807) is 30.3 Å². The molecule has 168 valence electrons. The van der Waals surface area contributed by atoms with Gasteiger partial charge in [0.15, 0.2) is 0 Å². The molecule has 0 aliphatic heterocycles. The molecule has 6 nitrogen and oxygen atoms in total. The Bertz CT molecular complexity index is 1680. The lowest BCUT2D eigenvalue weighted by molar-refractivity contribution is 0.996. The summed E-state index contributed by atoms with van der Waals surface area (Å²) < 4.78 is 0. The van der Waals surface area contributed by atoms with Crippen molar-refractivity contribution in [2.24, 2.45) is 0 Å². The summed E-state index contributed by atoms with van der Waals surface area (Å²) in [6.45, 7) is 0. The van der Waals surface area contributed by atoms with E-state index in [4.69, 9.17) is 11.6 Å². The molecule has 5 rings (SSSR count). The van der Waals surface area contributed by atoms with E-state index in [1.165, 1.54) is 0 Å². The molecular formula is C28H17ClN4O2. The minimum atomic E-state index is -0.591. The molecular weight excluding hydrogens is 460 g/mol. The number of hydrogen-bond acceptors (Lipinski definition) is 4. The minimum absolute atomic E-state index is 0.0499. The molecule has 0 radical (unpaired) electrons. The smallest absolute Gasteiger partial charge is 0.274 e. The third kappa shape index (κ3) is 4.17. The Labute approximate surface area is 205 Å². The highest BCUT2D eigenvalue weighted by molar-refractivity contribution is 6.30. The van der Waals surface area contributed by atoms with Gasteiger partial charge in [0.1, 0.15) is 11.6 Å². The number of pyridine rings is 1. The molecule has 0 unspecified atom stereocenters. The summed E-state index contributed by atoms with van der Waals surface area (Å²) in [6.07, 6.45) is 0. The highest BCUT2D eigenvalue weighted by Gasteiger charge is 2.22. The minimum Gasteiger partial charge on any atom is -0.321 e. The first-order valence-corrected chi connectivity index (χ1v) is 11.1. The van der Waals surface area contributed by atoms with E-state index in [-0.39, 0.29) is 16.8 Å². The lowest BCUT2D eigenvalue weighted by Crippen LogP contribution is -2.19. The maximum absolute atomic E-state index is 13.2. The lowest BCUT2D eigenvalue weighted by Gasteiger charge is -2.15. The van der Waals surface area contributed by atoms with Gasteiger partial charge < -0.3 is 4.98 Å². The van der Waals surface area contributed by atoms with Gasteiger partial charge in [0.05, 0.1) is 17.0 Å². The average Bonchev–Trinajstić information content (AvgIpc) is 2.89. The molecule has 0 spiro atoms. The van der Waals surface area contributed by atoms with E-state index in [1.807, 2.05) is 66.7 Å². The van der Waals surface area contributed by atoms with Crippen LogP contribution in [-0.4, -0.2) is 15.2 Å². The molecule has 0 aliphatic rings. The molecule has 3 aromatic carbocycles. The topological polar surface area (TPSA) is 102 Å². The van der Waals surface area contributed by atoms with E-state index in [0.29, 0.717) is 27.4 Å². The highest BCUT2D eigenvalue weighted by atomic mass is 35.5. The zero-order valence-electron chi connectivity index (χ0n) is 18.2. The zero-order valence-corrected chi connectivity index (χ0v) is 19.0. The Hall–Kier alpha value is -4.73. The van der Waals surface area contributed by atoms with Crippen LogP contribution >= 0.6 is 11.6 Å². The van der Waals surface area contributed by atoms with Crippen LogP contribution in [0, 0.1) is 11.3 Å². The number of nitrogens with zero attached hydrogens (tertiary/aromatic N) is 2. The largest absolute Gasteiger partial charge is 0.321 e. The van der Waals surface area contributed by atoms with Gasteiger partial charge in [-0.15, -0.1) is 0 Å². The number of halogens is 1. The molecule has 0 bridgehead atoms. The third-order valence-corrected chi connectivity index (χ3v) is 5.91. The number of H-pyrrole nitrogens is 2. The Morgan fingerprint density at radius 1 is 0.743 bits per heavy atom. The number of aromatic amines is 2. The predicted octanol–water partition coefficient (Wildman–Crippen LogP) is 5.65. The summed E-state index contributed by atoms with van der Waals surface area (Å²) in [5, 5.41) is 17.2. The summed E-state index contributed by atoms with van der Waals surface area (Å²) >= 11 is 6.03. The van der Waals surface area contributed by atoms with Gasteiger partial charge in [0.2, 0.25) is 0 Å². The zero-order chi connectivity index (χ0) is 24.4. The maximum Gasteiger partial charge on any atom is 0.274 e. The van der Waals surface area contributed by atoms with Gasteiger partial charge in [-0.1, -0.05) is 84.4 Å². The lowest BCUT2D eigenvalue weighted by atomic mass is 9.92. The molecule has 0 amide bonds. The van der Waals surface area contributed by atoms with Crippen LogP contribution in [0.1, 0.15) is 5.56 Å². The monoisotopic (exact) mass is 476 g/mol. The Morgan fingerprint density at radius 2 is 1.37 bits per heavy atom. The van der Waals surface area contributed by atoms with Crippen molar-refractivity contribution < 1.29 is 0 Å². The van der Waals surface area contributed by atoms with Crippen LogP contribution in [0.3, 0.4) is 0 Å². The number of aromatic nitrogens is 3. The third-order valence-electron chi connectivity index (χ3n) is 5.66. The Kier molecular flexibility index (Phi) is 5.84. The van der Waals surface area contributed by atoms with Gasteiger partial charge in [-0.25, -0.2) is 5.10 Å². The first-order valence-electron chi connectivity index (χ1n) is 10.7. The Balaban J connectivity index is 1.86. The van der Waals surface area contributed by atoms with Gasteiger partial charge in [-0.2, -0.15) is 10.4 Å². The summed E-state index contributed by atoms with van der Waals surface area (Å²) in [6, 6.07) is 29.3. The number of hydrogen-bond donors (Lipinski definition) is 2. The molecule has 0 atom stereocenters. The molecule has 5 aromatic rings. The molecule has 2 N–H and O–H groups in total. The summed E-state index contributed by atoms with van der Waals surface area (Å²) in [4.78, 5) is 29.0. The van der Waals surface area contributed by atoms with Crippen molar-refractivity contribution in [3.63, 3.8) is 0 Å². The van der Waals surface area contributed by atoms with Crippen LogP contribution in [0.25, 0.3) is 44.8 Å². The Morgan fingerprint density at radius 3 is 2.00 bits per heavy atom. The summed E-state index contributed by atoms with van der Waals surface area (Å²) in [7, 11) is 0. The summed E-state index contributed by atoms with van der Waals surface area (Å²) in [5.74, 6) is 0. The fourth-order valence-electron chi connectivity index (χ4n) is 4.06. The number of benzene rings is 3. The van der Waals surface area contributed by atoms with E-state index < -0.39 is 11.1 Å². The van der Waals surface area contributed by atoms with Crippen molar-refractivity contribution in [2.75, 3.05) is 0 Å². The molecule has 2 aromatic heterocycles. The maximum atomic E-state index is 13.2. The second-order valence-electron chi connectivity index (χ2n) is 7.80. The van der Waals surface area contributed by atoms with Crippen LogP contribution in [0.2, 0.25) is 5.02 Å². The second kappa shape index (κ2) is 9.26. The average molecular weight is 477 g/mol. The van der Waals surface area contributed by atoms with E-state index in [0.717, 1.165) is 11.1 Å². The standard InChI is InChI=1S/C28H17ClN4O2/c29-20-13-11-17(12-14-20)21-15-23(31-27(34)22(21)16-30)25-24(18-7-3-1-4-8-18)26(32-33-28(25)35)19-9-5-2-6-10-19/h1-15H,(H,31,34)(H,33,35). The van der Waals surface area contributed by atoms with Gasteiger partial charge in [0, 0.05) is 21.7 Å². The number of nitriles is 1. The number of rotatable bonds is 4. The van der Waals surface area contributed by atoms with Crippen LogP contribution in [0.15, 0.2) is 101 Å².